The fourth-order valence-corrected chi connectivity index (χ4v) is 0.880. The van der Waals surface area contributed by atoms with Crippen LogP contribution < -0.4 is 0 Å². The molecule has 0 aliphatic carbocycles. The van der Waals surface area contributed by atoms with E-state index in [1.54, 1.807) is 20.8 Å². The third-order valence-electron chi connectivity index (χ3n) is 1.92. The van der Waals surface area contributed by atoms with Crippen molar-refractivity contribution in [3.63, 3.8) is 0 Å². The number of rotatable bonds is 4. The Hall–Kier alpha value is -0.410. The maximum Gasteiger partial charge on any atom is 0.125 e. The molecular weight excluding hydrogens is 144 g/mol. The SMILES string of the molecule is CC(C=O)[C@H](O)C(C)(C)CO. The van der Waals surface area contributed by atoms with Gasteiger partial charge in [0, 0.05) is 11.3 Å². The van der Waals surface area contributed by atoms with Crippen LogP contribution in [-0.4, -0.2) is 29.2 Å². The van der Waals surface area contributed by atoms with Crippen molar-refractivity contribution in [3.05, 3.63) is 0 Å². The van der Waals surface area contributed by atoms with Crippen LogP contribution in [0.2, 0.25) is 0 Å². The Kier molecular flexibility index (Phi) is 3.69. The first-order valence-corrected chi connectivity index (χ1v) is 3.70. The third kappa shape index (κ3) is 2.60. The van der Waals surface area contributed by atoms with E-state index in [1.807, 2.05) is 0 Å². The van der Waals surface area contributed by atoms with Crippen molar-refractivity contribution in [1.82, 2.24) is 0 Å². The van der Waals surface area contributed by atoms with Crippen LogP contribution in [0.15, 0.2) is 0 Å². The Balaban J connectivity index is 4.21. The lowest BCUT2D eigenvalue weighted by Crippen LogP contribution is -2.38. The van der Waals surface area contributed by atoms with E-state index in [1.165, 1.54) is 0 Å². The minimum atomic E-state index is -0.773. The molecule has 0 aromatic heterocycles. The van der Waals surface area contributed by atoms with Gasteiger partial charge in [0.2, 0.25) is 0 Å². The molecule has 0 aliphatic heterocycles. The van der Waals surface area contributed by atoms with Crippen LogP contribution in [0, 0.1) is 11.3 Å². The molecule has 1 unspecified atom stereocenters. The minimum absolute atomic E-state index is 0.119. The molecule has 0 fully saturated rings. The average molecular weight is 160 g/mol. The fraction of sp³-hybridized carbons (Fsp3) is 0.875. The Morgan fingerprint density at radius 3 is 2.27 bits per heavy atom. The third-order valence-corrected chi connectivity index (χ3v) is 1.92. The van der Waals surface area contributed by atoms with Crippen LogP contribution in [0.25, 0.3) is 0 Å². The van der Waals surface area contributed by atoms with Crippen molar-refractivity contribution in [3.8, 4) is 0 Å². The van der Waals surface area contributed by atoms with Gasteiger partial charge in [-0.3, -0.25) is 0 Å². The van der Waals surface area contributed by atoms with Gasteiger partial charge >= 0.3 is 0 Å². The number of aldehydes is 1. The Morgan fingerprint density at radius 1 is 1.55 bits per heavy atom. The molecular formula is C8H16O3. The number of carbonyl (C=O) groups excluding carboxylic acids is 1. The predicted molar refractivity (Wildman–Crippen MR) is 42.1 cm³/mol. The maximum absolute atomic E-state index is 10.3. The van der Waals surface area contributed by atoms with Crippen molar-refractivity contribution in [2.45, 2.75) is 26.9 Å². The molecule has 11 heavy (non-hydrogen) atoms. The summed E-state index contributed by atoms with van der Waals surface area (Å²) in [5.74, 6) is -0.419. The highest BCUT2D eigenvalue weighted by molar-refractivity contribution is 5.53. The predicted octanol–water partition coefficient (Wildman–Crippen LogP) is 0.201. The van der Waals surface area contributed by atoms with Gasteiger partial charge in [0.05, 0.1) is 12.7 Å². The highest BCUT2D eigenvalue weighted by atomic mass is 16.3. The summed E-state index contributed by atoms with van der Waals surface area (Å²) >= 11 is 0. The molecule has 0 heterocycles. The molecule has 0 aromatic carbocycles. The normalized spacial score (nSPS) is 17.5. The van der Waals surface area contributed by atoms with E-state index in [4.69, 9.17) is 5.11 Å². The van der Waals surface area contributed by atoms with Gasteiger partial charge < -0.3 is 15.0 Å². The average Bonchev–Trinajstić information content (AvgIpc) is 2.01. The van der Waals surface area contributed by atoms with Crippen LogP contribution in [-0.2, 0) is 4.79 Å². The zero-order chi connectivity index (χ0) is 9.07. The lowest BCUT2D eigenvalue weighted by atomic mass is 9.81. The molecule has 0 radical (unpaired) electrons. The standard InChI is InChI=1S/C8H16O3/c1-6(4-9)7(11)8(2,3)5-10/h4,6-7,10-11H,5H2,1-3H3/t6?,7-/m0/s1. The Bertz CT molecular complexity index is 131. The second-order valence-electron chi connectivity index (χ2n) is 3.59. The second kappa shape index (κ2) is 3.83. The zero-order valence-electron chi connectivity index (χ0n) is 7.24. The number of aliphatic hydroxyl groups is 2. The van der Waals surface area contributed by atoms with Crippen molar-refractivity contribution >= 4 is 6.29 Å². The summed E-state index contributed by atoms with van der Waals surface area (Å²) in [5, 5.41) is 18.3. The van der Waals surface area contributed by atoms with E-state index < -0.39 is 17.4 Å². The quantitative estimate of drug-likeness (QED) is 0.578. The van der Waals surface area contributed by atoms with Gasteiger partial charge in [0.25, 0.3) is 0 Å². The van der Waals surface area contributed by atoms with Crippen LogP contribution in [0.3, 0.4) is 0 Å². The van der Waals surface area contributed by atoms with Gasteiger partial charge in [-0.25, -0.2) is 0 Å². The van der Waals surface area contributed by atoms with Crippen LogP contribution in [0.5, 0.6) is 0 Å². The van der Waals surface area contributed by atoms with Crippen molar-refractivity contribution in [2.75, 3.05) is 6.61 Å². The molecule has 0 saturated carbocycles. The first kappa shape index (κ1) is 10.6. The zero-order valence-corrected chi connectivity index (χ0v) is 7.24. The molecule has 66 valence electrons. The minimum Gasteiger partial charge on any atom is -0.396 e. The molecule has 0 bridgehead atoms. The maximum atomic E-state index is 10.3. The summed E-state index contributed by atoms with van der Waals surface area (Å²) in [5.41, 5.74) is -0.597. The number of hydrogen-bond donors (Lipinski definition) is 2. The van der Waals surface area contributed by atoms with Crippen LogP contribution >= 0.6 is 0 Å². The first-order chi connectivity index (χ1) is 4.95. The van der Waals surface area contributed by atoms with E-state index in [-0.39, 0.29) is 6.61 Å². The molecule has 0 spiro atoms. The van der Waals surface area contributed by atoms with E-state index >= 15 is 0 Å². The number of carbonyl (C=O) groups is 1. The van der Waals surface area contributed by atoms with Gasteiger partial charge in [0.1, 0.15) is 6.29 Å². The van der Waals surface area contributed by atoms with Crippen LogP contribution in [0.4, 0.5) is 0 Å². The van der Waals surface area contributed by atoms with Gasteiger partial charge in [-0.1, -0.05) is 20.8 Å². The molecule has 0 aromatic rings. The van der Waals surface area contributed by atoms with E-state index in [0.29, 0.717) is 6.29 Å². The monoisotopic (exact) mass is 160 g/mol. The van der Waals surface area contributed by atoms with Gasteiger partial charge in [-0.2, -0.15) is 0 Å². The fourth-order valence-electron chi connectivity index (χ4n) is 0.880. The topological polar surface area (TPSA) is 57.5 Å². The summed E-state index contributed by atoms with van der Waals surface area (Å²) in [6.45, 7) is 4.96. The van der Waals surface area contributed by atoms with E-state index in [0.717, 1.165) is 0 Å². The Labute approximate surface area is 67.0 Å². The van der Waals surface area contributed by atoms with Gasteiger partial charge in [0.15, 0.2) is 0 Å². The molecule has 0 saturated heterocycles. The molecule has 2 atom stereocenters. The van der Waals surface area contributed by atoms with E-state index in [2.05, 4.69) is 0 Å². The summed E-state index contributed by atoms with van der Waals surface area (Å²) < 4.78 is 0. The number of hydrogen-bond acceptors (Lipinski definition) is 3. The first-order valence-electron chi connectivity index (χ1n) is 3.70. The second-order valence-corrected chi connectivity index (χ2v) is 3.59. The highest BCUT2D eigenvalue weighted by Crippen LogP contribution is 2.24. The summed E-state index contributed by atoms with van der Waals surface area (Å²) in [7, 11) is 0. The van der Waals surface area contributed by atoms with Gasteiger partial charge in [-0.15, -0.1) is 0 Å². The van der Waals surface area contributed by atoms with Crippen molar-refractivity contribution in [1.29, 1.82) is 0 Å². The molecule has 0 rings (SSSR count). The molecule has 0 amide bonds. The largest absolute Gasteiger partial charge is 0.396 e. The number of aliphatic hydroxyl groups excluding tert-OH is 2. The molecule has 3 nitrogen and oxygen atoms in total. The smallest absolute Gasteiger partial charge is 0.125 e. The summed E-state index contributed by atoms with van der Waals surface area (Å²) in [6, 6.07) is 0. The van der Waals surface area contributed by atoms with Crippen molar-refractivity contribution < 1.29 is 15.0 Å². The highest BCUT2D eigenvalue weighted by Gasteiger charge is 2.30. The van der Waals surface area contributed by atoms with E-state index in [9.17, 15) is 9.90 Å². The van der Waals surface area contributed by atoms with Crippen LogP contribution in [0.1, 0.15) is 20.8 Å². The van der Waals surface area contributed by atoms with Crippen molar-refractivity contribution in [2.24, 2.45) is 11.3 Å². The Morgan fingerprint density at radius 2 is 2.00 bits per heavy atom. The van der Waals surface area contributed by atoms with Gasteiger partial charge in [-0.05, 0) is 0 Å². The summed E-state index contributed by atoms with van der Waals surface area (Å²) in [4.78, 5) is 10.3. The summed E-state index contributed by atoms with van der Waals surface area (Å²) in [6.07, 6.45) is -0.0766. The lowest BCUT2D eigenvalue weighted by molar-refractivity contribution is -0.117. The molecule has 3 heteroatoms. The molecule has 2 N–H and O–H groups in total. The molecule has 0 aliphatic rings. The lowest BCUT2D eigenvalue weighted by Gasteiger charge is -2.30.